The summed E-state index contributed by atoms with van der Waals surface area (Å²) in [6.45, 7) is 0. The molecule has 2 aromatic rings. The summed E-state index contributed by atoms with van der Waals surface area (Å²) in [7, 11) is 3.08. The molecule has 2 heterocycles. The number of carbonyl (C=O) groups excluding carboxylic acids is 1. The van der Waals surface area contributed by atoms with Crippen molar-refractivity contribution < 1.29 is 23.6 Å². The molecule has 1 aliphatic carbocycles. The molecule has 1 N–H and O–H groups in total. The first kappa shape index (κ1) is 17.1. The zero-order valence-corrected chi connectivity index (χ0v) is 14.9. The molecule has 8 heteroatoms. The molecule has 0 unspecified atom stereocenters. The number of fused-ring (bicyclic) bond motifs is 1. The number of allylic oxidation sites excluding steroid dienone is 2. The number of ether oxygens (including phenoxy) is 2. The maximum absolute atomic E-state index is 12.7. The highest BCUT2D eigenvalue weighted by Gasteiger charge is 2.38. The Kier molecular flexibility index (Phi) is 4.10. The van der Waals surface area contributed by atoms with Crippen LogP contribution in [0.4, 0.5) is 11.6 Å². The van der Waals surface area contributed by atoms with Crippen molar-refractivity contribution in [3.63, 3.8) is 0 Å². The summed E-state index contributed by atoms with van der Waals surface area (Å²) in [4.78, 5) is 23.2. The smallest absolute Gasteiger partial charge is 0.433 e. The van der Waals surface area contributed by atoms with Gasteiger partial charge in [0.2, 0.25) is 0 Å². The molecular weight excluding hydrogens is 352 g/mol. The molecule has 2 aliphatic rings. The summed E-state index contributed by atoms with van der Waals surface area (Å²) in [6, 6.07) is 6.46. The minimum atomic E-state index is -0.585. The number of anilines is 1. The van der Waals surface area contributed by atoms with Gasteiger partial charge in [0.1, 0.15) is 10.7 Å². The molecule has 0 bridgehead atoms. The van der Waals surface area contributed by atoms with Gasteiger partial charge in [0.05, 0.1) is 26.2 Å². The summed E-state index contributed by atoms with van der Waals surface area (Å²) in [5.41, 5.74) is 2.95. The van der Waals surface area contributed by atoms with Gasteiger partial charge in [0.15, 0.2) is 17.3 Å². The van der Waals surface area contributed by atoms with E-state index in [1.54, 1.807) is 25.3 Å². The second-order valence-electron chi connectivity index (χ2n) is 6.45. The van der Waals surface area contributed by atoms with E-state index in [4.69, 9.17) is 13.9 Å². The first-order valence-electron chi connectivity index (χ1n) is 8.56. The Morgan fingerprint density at radius 3 is 2.59 bits per heavy atom. The Morgan fingerprint density at radius 1 is 1.19 bits per heavy atom. The fraction of sp³-hybridized carbons (Fsp3) is 0.316. The van der Waals surface area contributed by atoms with Gasteiger partial charge in [-0.05, 0) is 30.5 Å². The van der Waals surface area contributed by atoms with E-state index in [0.717, 1.165) is 29.8 Å². The van der Waals surface area contributed by atoms with Crippen LogP contribution in [0, 0.1) is 10.1 Å². The van der Waals surface area contributed by atoms with Crippen LogP contribution in [-0.2, 0) is 4.79 Å². The average molecular weight is 370 g/mol. The average Bonchev–Trinajstić information content (AvgIpc) is 3.15. The molecule has 4 rings (SSSR count). The predicted octanol–water partition coefficient (Wildman–Crippen LogP) is 3.77. The first-order chi connectivity index (χ1) is 13.0. The van der Waals surface area contributed by atoms with Crippen LogP contribution in [0.2, 0.25) is 0 Å². The zero-order chi connectivity index (χ0) is 19.1. The number of rotatable bonds is 4. The van der Waals surface area contributed by atoms with Gasteiger partial charge in [-0.25, -0.2) is 0 Å². The number of nitrogens with zero attached hydrogens (tertiary/aromatic N) is 1. The lowest BCUT2D eigenvalue weighted by Gasteiger charge is -2.33. The third-order valence-electron chi connectivity index (χ3n) is 4.97. The normalized spacial score (nSPS) is 18.4. The third-order valence-corrected chi connectivity index (χ3v) is 4.97. The van der Waals surface area contributed by atoms with Crippen molar-refractivity contribution >= 4 is 17.4 Å². The third kappa shape index (κ3) is 2.73. The van der Waals surface area contributed by atoms with E-state index >= 15 is 0 Å². The minimum Gasteiger partial charge on any atom is -0.493 e. The second-order valence-corrected chi connectivity index (χ2v) is 6.45. The van der Waals surface area contributed by atoms with E-state index in [9.17, 15) is 14.9 Å². The first-order valence-corrected chi connectivity index (χ1v) is 8.56. The minimum absolute atomic E-state index is 0.0215. The van der Waals surface area contributed by atoms with Gasteiger partial charge in [0.25, 0.3) is 0 Å². The Morgan fingerprint density at radius 2 is 1.93 bits per heavy atom. The Balaban J connectivity index is 1.93. The van der Waals surface area contributed by atoms with Crippen LogP contribution in [0.5, 0.6) is 11.5 Å². The molecule has 27 heavy (non-hydrogen) atoms. The van der Waals surface area contributed by atoms with Crippen molar-refractivity contribution in [1.82, 2.24) is 0 Å². The molecule has 1 aliphatic heterocycles. The number of hydrogen-bond donors (Lipinski definition) is 1. The zero-order valence-electron chi connectivity index (χ0n) is 14.9. The number of ketones is 1. The fourth-order valence-corrected chi connectivity index (χ4v) is 3.78. The van der Waals surface area contributed by atoms with Crippen LogP contribution in [-0.4, -0.2) is 24.9 Å². The maximum atomic E-state index is 12.7. The Hall–Kier alpha value is -3.29. The van der Waals surface area contributed by atoms with Crippen LogP contribution in [0.1, 0.15) is 36.5 Å². The molecule has 0 saturated heterocycles. The van der Waals surface area contributed by atoms with Gasteiger partial charge in [0, 0.05) is 29.4 Å². The standard InChI is InChI=1S/C19H18N2O6/c1-25-15-8-10-12(9-16(15)26-2)20-11-4-3-5-13(22)19(11)18(10)14-6-7-17(27-14)21(23)24/h6-9,18,20H,3-5H2,1-2H3/t18-/m1/s1. The number of benzene rings is 1. The van der Waals surface area contributed by atoms with Gasteiger partial charge in [-0.3, -0.25) is 14.9 Å². The van der Waals surface area contributed by atoms with Crippen molar-refractivity contribution in [2.24, 2.45) is 0 Å². The highest BCUT2D eigenvalue weighted by atomic mass is 16.6. The molecule has 1 aromatic carbocycles. The van der Waals surface area contributed by atoms with Gasteiger partial charge in [-0.15, -0.1) is 0 Å². The van der Waals surface area contributed by atoms with Crippen LogP contribution in [0.15, 0.2) is 40.0 Å². The topological polar surface area (TPSA) is 104 Å². The quantitative estimate of drug-likeness (QED) is 0.645. The molecule has 0 spiro atoms. The summed E-state index contributed by atoms with van der Waals surface area (Å²) < 4.78 is 16.3. The van der Waals surface area contributed by atoms with Crippen molar-refractivity contribution in [3.05, 3.63) is 57.0 Å². The van der Waals surface area contributed by atoms with E-state index in [0.29, 0.717) is 29.3 Å². The number of nitrogens with one attached hydrogen (secondary N) is 1. The lowest BCUT2D eigenvalue weighted by molar-refractivity contribution is -0.402. The van der Waals surface area contributed by atoms with Crippen LogP contribution in [0.25, 0.3) is 0 Å². The number of furan rings is 1. The number of hydrogen-bond acceptors (Lipinski definition) is 7. The summed E-state index contributed by atoms with van der Waals surface area (Å²) in [5, 5.41) is 14.4. The van der Waals surface area contributed by atoms with E-state index < -0.39 is 10.8 Å². The van der Waals surface area contributed by atoms with Gasteiger partial charge in [-0.1, -0.05) is 0 Å². The van der Waals surface area contributed by atoms with E-state index in [1.165, 1.54) is 13.2 Å². The largest absolute Gasteiger partial charge is 0.493 e. The summed E-state index contributed by atoms with van der Waals surface area (Å²) in [5.74, 6) is 0.566. The van der Waals surface area contributed by atoms with Gasteiger partial charge >= 0.3 is 5.88 Å². The van der Waals surface area contributed by atoms with E-state index in [2.05, 4.69) is 5.32 Å². The van der Waals surface area contributed by atoms with Crippen molar-refractivity contribution in [1.29, 1.82) is 0 Å². The molecule has 0 saturated carbocycles. The van der Waals surface area contributed by atoms with E-state index in [-0.39, 0.29) is 11.7 Å². The highest BCUT2D eigenvalue weighted by molar-refractivity contribution is 6.01. The number of nitro groups is 1. The molecule has 1 aromatic heterocycles. The number of methoxy groups -OCH3 is 2. The maximum Gasteiger partial charge on any atom is 0.433 e. The second kappa shape index (κ2) is 6.46. The van der Waals surface area contributed by atoms with Gasteiger partial charge in [-0.2, -0.15) is 0 Å². The fourth-order valence-electron chi connectivity index (χ4n) is 3.78. The molecule has 0 amide bonds. The Bertz CT molecular complexity index is 975. The lowest BCUT2D eigenvalue weighted by Crippen LogP contribution is -2.26. The predicted molar refractivity (Wildman–Crippen MR) is 96.3 cm³/mol. The monoisotopic (exact) mass is 370 g/mol. The number of carbonyl (C=O) groups is 1. The number of Topliss-reactive ketones (excluding diaryl/α,β-unsaturated/α-hetero) is 1. The van der Waals surface area contributed by atoms with Crippen LogP contribution >= 0.6 is 0 Å². The lowest BCUT2D eigenvalue weighted by atomic mass is 9.77. The van der Waals surface area contributed by atoms with Crippen molar-refractivity contribution in [2.45, 2.75) is 25.2 Å². The van der Waals surface area contributed by atoms with Crippen molar-refractivity contribution in [3.8, 4) is 11.5 Å². The molecule has 0 fully saturated rings. The molecule has 8 nitrogen and oxygen atoms in total. The molecular formula is C19H18N2O6. The molecule has 0 radical (unpaired) electrons. The van der Waals surface area contributed by atoms with Crippen LogP contribution < -0.4 is 14.8 Å². The van der Waals surface area contributed by atoms with E-state index in [1.807, 2.05) is 0 Å². The molecule has 1 atom stereocenters. The Labute approximate surface area is 154 Å². The van der Waals surface area contributed by atoms with Crippen LogP contribution in [0.3, 0.4) is 0 Å². The summed E-state index contributed by atoms with van der Waals surface area (Å²) >= 11 is 0. The van der Waals surface area contributed by atoms with Gasteiger partial charge < -0.3 is 19.2 Å². The SMILES string of the molecule is COc1cc2c(cc1OC)[C@H](c1ccc([N+](=O)[O-])o1)C1=C(CCCC1=O)N2. The summed E-state index contributed by atoms with van der Waals surface area (Å²) in [6.07, 6.45) is 1.94. The highest BCUT2D eigenvalue weighted by Crippen LogP contribution is 2.49. The molecule has 140 valence electrons. The van der Waals surface area contributed by atoms with Crippen molar-refractivity contribution in [2.75, 3.05) is 19.5 Å².